The van der Waals surface area contributed by atoms with Gasteiger partial charge in [0.1, 0.15) is 13.2 Å². The van der Waals surface area contributed by atoms with Crippen LogP contribution in [0.1, 0.15) is 5.56 Å². The third-order valence-electron chi connectivity index (χ3n) is 2.17. The first kappa shape index (κ1) is 15.6. The number of amides is 3. The Balaban J connectivity index is 2.13. The zero-order chi connectivity index (χ0) is 15.0. The number of hydrogen-bond donors (Lipinski definition) is 3. The predicted octanol–water partition coefficient (Wildman–Crippen LogP) is -1.11. The van der Waals surface area contributed by atoms with Gasteiger partial charge in [0.2, 0.25) is 0 Å². The summed E-state index contributed by atoms with van der Waals surface area (Å²) in [5, 5.41) is 16.8. The molecular weight excluding hydrogens is 268 g/mol. The van der Waals surface area contributed by atoms with E-state index in [1.54, 1.807) is 17.9 Å². The van der Waals surface area contributed by atoms with Gasteiger partial charge in [-0.25, -0.2) is 9.59 Å². The SMILES string of the molecule is Cn1cc(CCNC(=O)NC(=O)COCC(=O)O)cn1. The third kappa shape index (κ3) is 6.50. The van der Waals surface area contributed by atoms with Crippen molar-refractivity contribution in [2.45, 2.75) is 6.42 Å². The minimum Gasteiger partial charge on any atom is -0.480 e. The second-order valence-electron chi connectivity index (χ2n) is 3.96. The van der Waals surface area contributed by atoms with Crippen LogP contribution in [-0.4, -0.2) is 52.6 Å². The lowest BCUT2D eigenvalue weighted by Gasteiger charge is -2.06. The summed E-state index contributed by atoms with van der Waals surface area (Å²) in [5.41, 5.74) is 0.962. The third-order valence-corrected chi connectivity index (χ3v) is 2.17. The minimum atomic E-state index is -1.18. The van der Waals surface area contributed by atoms with Crippen molar-refractivity contribution in [2.24, 2.45) is 7.05 Å². The van der Waals surface area contributed by atoms with Crippen molar-refractivity contribution < 1.29 is 24.2 Å². The van der Waals surface area contributed by atoms with E-state index < -0.39 is 31.1 Å². The maximum absolute atomic E-state index is 11.3. The number of carboxylic acids is 1. The van der Waals surface area contributed by atoms with Gasteiger partial charge in [-0.1, -0.05) is 0 Å². The lowest BCUT2D eigenvalue weighted by atomic mass is 10.2. The van der Waals surface area contributed by atoms with Crippen LogP contribution in [0, 0.1) is 0 Å². The summed E-state index contributed by atoms with van der Waals surface area (Å²) in [5.74, 6) is -1.89. The summed E-state index contributed by atoms with van der Waals surface area (Å²) < 4.78 is 6.18. The van der Waals surface area contributed by atoms with Gasteiger partial charge in [0.15, 0.2) is 0 Å². The zero-order valence-electron chi connectivity index (χ0n) is 11.0. The largest absolute Gasteiger partial charge is 0.480 e. The van der Waals surface area contributed by atoms with Gasteiger partial charge in [0.25, 0.3) is 5.91 Å². The van der Waals surface area contributed by atoms with Crippen molar-refractivity contribution in [2.75, 3.05) is 19.8 Å². The molecule has 0 atom stereocenters. The van der Waals surface area contributed by atoms with Crippen molar-refractivity contribution in [1.82, 2.24) is 20.4 Å². The molecule has 0 bridgehead atoms. The molecule has 1 rings (SSSR count). The first-order valence-corrected chi connectivity index (χ1v) is 5.82. The maximum atomic E-state index is 11.3. The number of carbonyl (C=O) groups is 3. The fourth-order valence-corrected chi connectivity index (χ4v) is 1.36. The molecule has 3 amide bonds. The number of aliphatic carboxylic acids is 1. The van der Waals surface area contributed by atoms with Crippen molar-refractivity contribution >= 4 is 17.9 Å². The van der Waals surface area contributed by atoms with Gasteiger partial charge >= 0.3 is 12.0 Å². The molecule has 1 heterocycles. The summed E-state index contributed by atoms with van der Waals surface area (Å²) in [6.07, 6.45) is 4.10. The highest BCUT2D eigenvalue weighted by atomic mass is 16.5. The Labute approximate surface area is 114 Å². The molecule has 0 aromatic carbocycles. The highest BCUT2D eigenvalue weighted by Gasteiger charge is 2.08. The molecule has 1 aromatic heterocycles. The van der Waals surface area contributed by atoms with E-state index in [1.165, 1.54) is 0 Å². The number of carbonyl (C=O) groups excluding carboxylic acids is 2. The highest BCUT2D eigenvalue weighted by Crippen LogP contribution is 1.95. The summed E-state index contributed by atoms with van der Waals surface area (Å²) in [6.45, 7) is -0.723. The first-order valence-electron chi connectivity index (χ1n) is 5.82. The van der Waals surface area contributed by atoms with Gasteiger partial charge in [0.05, 0.1) is 6.20 Å². The lowest BCUT2D eigenvalue weighted by Crippen LogP contribution is -2.42. The van der Waals surface area contributed by atoms with Crippen molar-refractivity contribution in [1.29, 1.82) is 0 Å². The van der Waals surface area contributed by atoms with E-state index in [0.29, 0.717) is 13.0 Å². The molecular formula is C11H16N4O5. The smallest absolute Gasteiger partial charge is 0.329 e. The monoisotopic (exact) mass is 284 g/mol. The summed E-state index contributed by atoms with van der Waals surface area (Å²) in [7, 11) is 1.79. The first-order chi connectivity index (χ1) is 9.47. The van der Waals surface area contributed by atoms with Crippen LogP contribution in [-0.2, 0) is 27.8 Å². The Morgan fingerprint density at radius 2 is 2.15 bits per heavy atom. The second-order valence-corrected chi connectivity index (χ2v) is 3.96. The van der Waals surface area contributed by atoms with Crippen LogP contribution in [0.2, 0.25) is 0 Å². The molecule has 0 aliphatic heterocycles. The Morgan fingerprint density at radius 1 is 1.40 bits per heavy atom. The van der Waals surface area contributed by atoms with Crippen LogP contribution < -0.4 is 10.6 Å². The molecule has 9 nitrogen and oxygen atoms in total. The molecule has 0 aliphatic carbocycles. The topological polar surface area (TPSA) is 123 Å². The molecule has 0 aliphatic rings. The molecule has 0 unspecified atom stereocenters. The number of imide groups is 1. The molecule has 1 aromatic rings. The van der Waals surface area contributed by atoms with Gasteiger partial charge in [-0.3, -0.25) is 14.8 Å². The Morgan fingerprint density at radius 3 is 2.75 bits per heavy atom. The number of urea groups is 1. The summed E-state index contributed by atoms with van der Waals surface area (Å²) >= 11 is 0. The minimum absolute atomic E-state index is 0.348. The molecule has 0 radical (unpaired) electrons. The highest BCUT2D eigenvalue weighted by molar-refractivity contribution is 5.94. The van der Waals surface area contributed by atoms with E-state index in [1.807, 2.05) is 11.5 Å². The molecule has 9 heteroatoms. The number of ether oxygens (including phenoxy) is 1. The number of nitrogens with zero attached hydrogens (tertiary/aromatic N) is 2. The van der Waals surface area contributed by atoms with Crippen LogP contribution in [0.25, 0.3) is 0 Å². The van der Waals surface area contributed by atoms with Gasteiger partial charge in [-0.2, -0.15) is 5.10 Å². The van der Waals surface area contributed by atoms with Gasteiger partial charge < -0.3 is 15.2 Å². The Kier molecular flexibility index (Phi) is 6.17. The van der Waals surface area contributed by atoms with Crippen LogP contribution in [0.5, 0.6) is 0 Å². The van der Waals surface area contributed by atoms with Crippen LogP contribution >= 0.6 is 0 Å². The van der Waals surface area contributed by atoms with E-state index in [2.05, 4.69) is 15.2 Å². The van der Waals surface area contributed by atoms with Crippen LogP contribution in [0.4, 0.5) is 4.79 Å². The molecule has 0 saturated carbocycles. The van der Waals surface area contributed by atoms with E-state index >= 15 is 0 Å². The standard InChI is InChI=1S/C11H16N4O5/c1-15-5-8(4-13-15)2-3-12-11(19)14-9(16)6-20-7-10(17)18/h4-5H,2-3,6-7H2,1H3,(H,17,18)(H2,12,14,16,19). The van der Waals surface area contributed by atoms with Gasteiger partial charge in [-0.15, -0.1) is 0 Å². The molecule has 110 valence electrons. The number of carboxylic acid groups (broad SMARTS) is 1. The second kappa shape index (κ2) is 7.89. The average Bonchev–Trinajstić information content (AvgIpc) is 2.74. The van der Waals surface area contributed by atoms with Crippen molar-refractivity contribution in [3.63, 3.8) is 0 Å². The van der Waals surface area contributed by atoms with Crippen molar-refractivity contribution in [3.8, 4) is 0 Å². The summed E-state index contributed by atoms with van der Waals surface area (Å²) in [4.78, 5) is 32.6. The van der Waals surface area contributed by atoms with E-state index in [4.69, 9.17) is 5.11 Å². The summed E-state index contributed by atoms with van der Waals surface area (Å²) in [6, 6.07) is -0.655. The molecule has 20 heavy (non-hydrogen) atoms. The lowest BCUT2D eigenvalue weighted by molar-refractivity contribution is -0.143. The van der Waals surface area contributed by atoms with Crippen LogP contribution in [0.3, 0.4) is 0 Å². The van der Waals surface area contributed by atoms with Gasteiger partial charge in [0, 0.05) is 19.8 Å². The molecule has 0 saturated heterocycles. The maximum Gasteiger partial charge on any atom is 0.329 e. The van der Waals surface area contributed by atoms with Crippen molar-refractivity contribution in [3.05, 3.63) is 18.0 Å². The van der Waals surface area contributed by atoms with Crippen LogP contribution in [0.15, 0.2) is 12.4 Å². The molecule has 0 spiro atoms. The number of nitrogens with one attached hydrogen (secondary N) is 2. The van der Waals surface area contributed by atoms with E-state index in [0.717, 1.165) is 5.56 Å². The fourth-order valence-electron chi connectivity index (χ4n) is 1.36. The average molecular weight is 284 g/mol. The quantitative estimate of drug-likeness (QED) is 0.583. The number of hydrogen-bond acceptors (Lipinski definition) is 5. The number of aryl methyl sites for hydroxylation is 1. The number of rotatable bonds is 7. The van der Waals surface area contributed by atoms with E-state index in [-0.39, 0.29) is 0 Å². The Hall–Kier alpha value is -2.42. The molecule has 3 N–H and O–H groups in total. The predicted molar refractivity (Wildman–Crippen MR) is 66.9 cm³/mol. The fraction of sp³-hybridized carbons (Fsp3) is 0.455. The normalized spacial score (nSPS) is 10.1. The number of aromatic nitrogens is 2. The van der Waals surface area contributed by atoms with E-state index in [9.17, 15) is 14.4 Å². The molecule has 0 fully saturated rings. The zero-order valence-corrected chi connectivity index (χ0v) is 11.0. The Bertz CT molecular complexity index is 485. The van der Waals surface area contributed by atoms with Gasteiger partial charge in [-0.05, 0) is 12.0 Å².